The molecule has 0 fully saturated rings. The fraction of sp³-hybridized carbons (Fsp3) is 0.474. The van der Waals surface area contributed by atoms with Gasteiger partial charge in [0.25, 0.3) is 0 Å². The summed E-state index contributed by atoms with van der Waals surface area (Å²) in [5, 5.41) is 9.93. The number of hydrogen-bond acceptors (Lipinski definition) is 3. The predicted molar refractivity (Wildman–Crippen MR) is 119 cm³/mol. The zero-order chi connectivity index (χ0) is 17.4. The minimum atomic E-state index is 0. The zero-order valence-corrected chi connectivity index (χ0v) is 18.7. The molecule has 4 nitrogen and oxygen atoms in total. The van der Waals surface area contributed by atoms with Crippen LogP contribution in [0.5, 0.6) is 0 Å². The van der Waals surface area contributed by atoms with Crippen molar-refractivity contribution < 1.29 is 0 Å². The van der Waals surface area contributed by atoms with E-state index < -0.39 is 0 Å². The van der Waals surface area contributed by atoms with Crippen molar-refractivity contribution in [1.82, 2.24) is 15.6 Å². The van der Waals surface area contributed by atoms with Crippen LogP contribution in [0.25, 0.3) is 0 Å². The van der Waals surface area contributed by atoms with Crippen LogP contribution in [0, 0.1) is 0 Å². The highest BCUT2D eigenvalue weighted by molar-refractivity contribution is 14.0. The Morgan fingerprint density at radius 1 is 1.16 bits per heavy atom. The Morgan fingerprint density at radius 2 is 1.88 bits per heavy atom. The van der Waals surface area contributed by atoms with Crippen molar-refractivity contribution in [1.29, 1.82) is 0 Å². The Hall–Kier alpha value is -1.15. The van der Waals surface area contributed by atoms with Crippen LogP contribution in [-0.2, 0) is 18.4 Å². The first-order valence-corrected chi connectivity index (χ1v) is 9.30. The molecule has 25 heavy (non-hydrogen) atoms. The van der Waals surface area contributed by atoms with Gasteiger partial charge in [-0.2, -0.15) is 0 Å². The number of guanidine groups is 1. The average Bonchev–Trinajstić information content (AvgIpc) is 3.04. The number of aromatic nitrogens is 1. The number of rotatable bonds is 6. The van der Waals surface area contributed by atoms with Crippen molar-refractivity contribution in [2.45, 2.75) is 45.6 Å². The Morgan fingerprint density at radius 3 is 2.48 bits per heavy atom. The molecule has 2 aromatic rings. The minimum Gasteiger partial charge on any atom is -0.356 e. The molecule has 1 heterocycles. The summed E-state index contributed by atoms with van der Waals surface area (Å²) >= 11 is 1.70. The van der Waals surface area contributed by atoms with E-state index in [2.05, 4.69) is 72.1 Å². The molecule has 0 spiro atoms. The van der Waals surface area contributed by atoms with Gasteiger partial charge in [-0.25, -0.2) is 4.98 Å². The van der Waals surface area contributed by atoms with Gasteiger partial charge in [0.05, 0.1) is 12.2 Å². The molecular weight excluding hydrogens is 443 g/mol. The summed E-state index contributed by atoms with van der Waals surface area (Å²) in [4.78, 5) is 8.97. The van der Waals surface area contributed by atoms with Gasteiger partial charge in [-0.1, -0.05) is 51.1 Å². The van der Waals surface area contributed by atoms with Crippen LogP contribution in [0.2, 0.25) is 0 Å². The number of benzene rings is 1. The van der Waals surface area contributed by atoms with Crippen LogP contribution in [0.4, 0.5) is 0 Å². The molecule has 138 valence electrons. The normalized spacial score (nSPS) is 11.8. The maximum atomic E-state index is 4.70. The molecule has 0 atom stereocenters. The molecular formula is C19H29IN4S. The molecule has 2 rings (SSSR count). The van der Waals surface area contributed by atoms with Gasteiger partial charge in [0.15, 0.2) is 5.96 Å². The fourth-order valence-corrected chi connectivity index (χ4v) is 3.22. The molecule has 0 radical (unpaired) electrons. The number of nitrogens with zero attached hydrogens (tertiary/aromatic N) is 2. The van der Waals surface area contributed by atoms with E-state index in [-0.39, 0.29) is 29.4 Å². The topological polar surface area (TPSA) is 49.3 Å². The van der Waals surface area contributed by atoms with E-state index in [0.29, 0.717) is 6.54 Å². The van der Waals surface area contributed by atoms with E-state index in [4.69, 9.17) is 4.98 Å². The van der Waals surface area contributed by atoms with E-state index >= 15 is 0 Å². The molecule has 0 aliphatic rings. The first-order valence-electron chi connectivity index (χ1n) is 8.42. The minimum absolute atomic E-state index is 0. The number of aryl methyl sites for hydroxylation is 1. The summed E-state index contributed by atoms with van der Waals surface area (Å²) in [5.41, 5.74) is 2.63. The highest BCUT2D eigenvalue weighted by Gasteiger charge is 2.17. The van der Waals surface area contributed by atoms with Crippen LogP contribution in [0.15, 0.2) is 40.7 Å². The zero-order valence-electron chi connectivity index (χ0n) is 15.5. The summed E-state index contributed by atoms with van der Waals surface area (Å²) in [6.45, 7) is 8.17. The van der Waals surface area contributed by atoms with Gasteiger partial charge in [0.2, 0.25) is 0 Å². The first-order chi connectivity index (χ1) is 11.5. The smallest absolute Gasteiger partial charge is 0.191 e. The van der Waals surface area contributed by atoms with E-state index in [0.717, 1.165) is 36.0 Å². The maximum Gasteiger partial charge on any atom is 0.191 e. The van der Waals surface area contributed by atoms with Gasteiger partial charge in [-0.05, 0) is 18.4 Å². The van der Waals surface area contributed by atoms with Crippen molar-refractivity contribution in [3.63, 3.8) is 0 Å². The van der Waals surface area contributed by atoms with E-state index in [1.54, 1.807) is 18.4 Å². The van der Waals surface area contributed by atoms with Crippen LogP contribution in [0.3, 0.4) is 0 Å². The third-order valence-corrected chi connectivity index (χ3v) is 4.58. The Labute approximate surface area is 172 Å². The van der Waals surface area contributed by atoms with Gasteiger partial charge in [-0.15, -0.1) is 35.3 Å². The molecule has 0 aliphatic heterocycles. The Balaban J connectivity index is 0.00000312. The number of thiazole rings is 1. The monoisotopic (exact) mass is 472 g/mol. The number of halogens is 1. The standard InChI is InChI=1S/C19H28N4S.HI/c1-19(2,3)16-14-24-17(23-16)13-22-18(20-4)21-12-8-11-15-9-6-5-7-10-15;/h5-7,9-10,14H,8,11-13H2,1-4H3,(H2,20,21,22);1H. The molecule has 2 N–H and O–H groups in total. The summed E-state index contributed by atoms with van der Waals surface area (Å²) in [6, 6.07) is 10.6. The lowest BCUT2D eigenvalue weighted by molar-refractivity contribution is 0.570. The van der Waals surface area contributed by atoms with Crippen molar-refractivity contribution in [3.8, 4) is 0 Å². The second kappa shape index (κ2) is 10.8. The van der Waals surface area contributed by atoms with Gasteiger partial charge in [0.1, 0.15) is 5.01 Å². The van der Waals surface area contributed by atoms with Crippen LogP contribution >= 0.6 is 35.3 Å². The Kier molecular flexibility index (Phi) is 9.42. The predicted octanol–water partition coefficient (Wildman–Crippen LogP) is 4.36. The third kappa shape index (κ3) is 7.73. The van der Waals surface area contributed by atoms with Crippen molar-refractivity contribution in [2.24, 2.45) is 4.99 Å². The largest absolute Gasteiger partial charge is 0.356 e. The molecule has 6 heteroatoms. The van der Waals surface area contributed by atoms with Gasteiger partial charge in [-0.3, -0.25) is 4.99 Å². The second-order valence-corrected chi connectivity index (χ2v) is 7.76. The molecule has 0 saturated heterocycles. The molecule has 1 aromatic carbocycles. The summed E-state index contributed by atoms with van der Waals surface area (Å²) in [5.74, 6) is 0.829. The third-order valence-electron chi connectivity index (χ3n) is 3.73. The van der Waals surface area contributed by atoms with E-state index in [1.165, 1.54) is 5.56 Å². The van der Waals surface area contributed by atoms with Gasteiger partial charge >= 0.3 is 0 Å². The highest BCUT2D eigenvalue weighted by Crippen LogP contribution is 2.23. The Bertz CT molecular complexity index is 647. The maximum absolute atomic E-state index is 4.70. The van der Waals surface area contributed by atoms with Gasteiger partial charge in [0, 0.05) is 24.4 Å². The van der Waals surface area contributed by atoms with Crippen LogP contribution in [0.1, 0.15) is 43.5 Å². The van der Waals surface area contributed by atoms with Gasteiger partial charge < -0.3 is 10.6 Å². The molecule has 0 saturated carbocycles. The molecule has 0 unspecified atom stereocenters. The van der Waals surface area contributed by atoms with E-state index in [1.807, 2.05) is 0 Å². The SMILES string of the molecule is CN=C(NCCCc1ccccc1)NCc1nc(C(C)(C)C)cs1.I. The van der Waals surface area contributed by atoms with Crippen molar-refractivity contribution in [3.05, 3.63) is 52.0 Å². The summed E-state index contributed by atoms with van der Waals surface area (Å²) < 4.78 is 0. The summed E-state index contributed by atoms with van der Waals surface area (Å²) in [6.07, 6.45) is 2.16. The van der Waals surface area contributed by atoms with Crippen molar-refractivity contribution in [2.75, 3.05) is 13.6 Å². The number of hydrogen-bond donors (Lipinski definition) is 2. The highest BCUT2D eigenvalue weighted by atomic mass is 127. The second-order valence-electron chi connectivity index (χ2n) is 6.82. The molecule has 0 bridgehead atoms. The number of aliphatic imine (C=N–C) groups is 1. The van der Waals surface area contributed by atoms with Crippen LogP contribution in [-0.4, -0.2) is 24.5 Å². The first kappa shape index (κ1) is 21.9. The molecule has 0 aliphatic carbocycles. The van der Waals surface area contributed by atoms with E-state index in [9.17, 15) is 0 Å². The lowest BCUT2D eigenvalue weighted by Gasteiger charge is -2.14. The summed E-state index contributed by atoms with van der Waals surface area (Å²) in [7, 11) is 1.80. The van der Waals surface area contributed by atoms with Crippen LogP contribution < -0.4 is 10.6 Å². The number of nitrogens with one attached hydrogen (secondary N) is 2. The lowest BCUT2D eigenvalue weighted by atomic mass is 9.93. The molecule has 1 aromatic heterocycles. The average molecular weight is 472 g/mol. The fourth-order valence-electron chi connectivity index (χ4n) is 2.26. The lowest BCUT2D eigenvalue weighted by Crippen LogP contribution is -2.37. The quantitative estimate of drug-likeness (QED) is 0.284. The van der Waals surface area contributed by atoms with Crippen molar-refractivity contribution >= 4 is 41.3 Å². The molecule has 0 amide bonds.